The molecule has 1 amide bonds. The van der Waals surface area contributed by atoms with Crippen molar-refractivity contribution in [2.24, 2.45) is 0 Å². The quantitative estimate of drug-likeness (QED) is 0.581. The Morgan fingerprint density at radius 2 is 1.89 bits per heavy atom. The van der Waals surface area contributed by atoms with Gasteiger partial charge in [0.05, 0.1) is 18.4 Å². The van der Waals surface area contributed by atoms with E-state index in [0.717, 1.165) is 16.9 Å². The maximum Gasteiger partial charge on any atom is 0.341 e. The molecule has 27 heavy (non-hydrogen) atoms. The van der Waals surface area contributed by atoms with Gasteiger partial charge in [0.25, 0.3) is 0 Å². The van der Waals surface area contributed by atoms with Crippen molar-refractivity contribution in [1.29, 1.82) is 0 Å². The smallest absolute Gasteiger partial charge is 0.341 e. The SMILES string of the molecule is COC(=O)c1c(N(Cc2ccccc2Cl)C(C)=O)sc2c(Cl)c(O)ccc12. The van der Waals surface area contributed by atoms with Crippen LogP contribution in [0.15, 0.2) is 36.4 Å². The zero-order valence-electron chi connectivity index (χ0n) is 14.5. The summed E-state index contributed by atoms with van der Waals surface area (Å²) in [4.78, 5) is 26.3. The fourth-order valence-corrected chi connectivity index (χ4v) is 4.46. The molecule has 3 aromatic rings. The Bertz CT molecular complexity index is 1050. The van der Waals surface area contributed by atoms with Gasteiger partial charge in [0.1, 0.15) is 21.3 Å². The highest BCUT2D eigenvalue weighted by atomic mass is 35.5. The molecule has 8 heteroatoms. The lowest BCUT2D eigenvalue weighted by molar-refractivity contribution is -0.116. The van der Waals surface area contributed by atoms with Crippen LogP contribution in [0.4, 0.5) is 5.00 Å². The maximum absolute atomic E-state index is 12.5. The summed E-state index contributed by atoms with van der Waals surface area (Å²) >= 11 is 13.6. The van der Waals surface area contributed by atoms with Crippen molar-refractivity contribution in [3.63, 3.8) is 0 Å². The number of carbonyl (C=O) groups is 2. The van der Waals surface area contributed by atoms with Gasteiger partial charge in [-0.05, 0) is 23.8 Å². The van der Waals surface area contributed by atoms with E-state index in [-0.39, 0.29) is 28.8 Å². The molecule has 0 radical (unpaired) electrons. The fraction of sp³-hybridized carbons (Fsp3) is 0.158. The van der Waals surface area contributed by atoms with E-state index >= 15 is 0 Å². The number of rotatable bonds is 4. The average Bonchev–Trinajstić information content (AvgIpc) is 3.03. The lowest BCUT2D eigenvalue weighted by Gasteiger charge is -2.21. The van der Waals surface area contributed by atoms with Crippen molar-refractivity contribution in [2.75, 3.05) is 12.0 Å². The number of hydrogen-bond acceptors (Lipinski definition) is 5. The summed E-state index contributed by atoms with van der Waals surface area (Å²) in [6.07, 6.45) is 0. The van der Waals surface area contributed by atoms with Crippen molar-refractivity contribution in [3.05, 3.63) is 57.6 Å². The van der Waals surface area contributed by atoms with Gasteiger partial charge in [-0.15, -0.1) is 11.3 Å². The van der Waals surface area contributed by atoms with E-state index in [4.69, 9.17) is 27.9 Å². The van der Waals surface area contributed by atoms with E-state index in [1.165, 1.54) is 25.0 Å². The summed E-state index contributed by atoms with van der Waals surface area (Å²) in [5.41, 5.74) is 0.957. The molecule has 5 nitrogen and oxygen atoms in total. The summed E-state index contributed by atoms with van der Waals surface area (Å²) in [6, 6.07) is 10.1. The first-order chi connectivity index (χ1) is 12.8. The van der Waals surface area contributed by atoms with Crippen LogP contribution in [-0.4, -0.2) is 24.1 Å². The number of nitrogens with zero attached hydrogens (tertiary/aromatic N) is 1. The number of anilines is 1. The lowest BCUT2D eigenvalue weighted by atomic mass is 10.1. The lowest BCUT2D eigenvalue weighted by Crippen LogP contribution is -2.28. The van der Waals surface area contributed by atoms with Gasteiger partial charge in [-0.1, -0.05) is 41.4 Å². The van der Waals surface area contributed by atoms with Crippen LogP contribution >= 0.6 is 34.5 Å². The summed E-state index contributed by atoms with van der Waals surface area (Å²) in [5.74, 6) is -0.968. The Morgan fingerprint density at radius 1 is 1.19 bits per heavy atom. The Hall–Kier alpha value is -2.28. The van der Waals surface area contributed by atoms with Gasteiger partial charge >= 0.3 is 5.97 Å². The zero-order valence-corrected chi connectivity index (χ0v) is 16.8. The normalized spacial score (nSPS) is 10.8. The fourth-order valence-electron chi connectivity index (χ4n) is 2.72. The van der Waals surface area contributed by atoms with Crippen LogP contribution in [0.2, 0.25) is 10.0 Å². The van der Waals surface area contributed by atoms with Gasteiger partial charge in [0.15, 0.2) is 0 Å². The second-order valence-corrected chi connectivity index (χ2v) is 7.53. The molecule has 0 aliphatic carbocycles. The molecule has 0 atom stereocenters. The van der Waals surface area contributed by atoms with E-state index in [1.54, 1.807) is 18.2 Å². The molecule has 0 fully saturated rings. The molecule has 1 heterocycles. The van der Waals surface area contributed by atoms with Crippen molar-refractivity contribution >= 4 is 61.5 Å². The van der Waals surface area contributed by atoms with Crippen molar-refractivity contribution < 1.29 is 19.4 Å². The molecule has 0 unspecified atom stereocenters. The number of ether oxygens (including phenoxy) is 1. The first-order valence-corrected chi connectivity index (χ1v) is 9.46. The van der Waals surface area contributed by atoms with E-state index in [9.17, 15) is 14.7 Å². The number of hydrogen-bond donors (Lipinski definition) is 1. The third-order valence-corrected chi connectivity index (χ3v) is 6.17. The van der Waals surface area contributed by atoms with E-state index in [1.807, 2.05) is 12.1 Å². The number of phenols is 1. The standard InChI is InChI=1S/C19H15Cl2NO4S/c1-10(23)22(9-11-5-3-4-6-13(11)20)18-15(19(25)26-2)12-7-8-14(24)16(21)17(12)27-18/h3-8,24H,9H2,1-2H3. The Labute approximate surface area is 169 Å². The number of halogens is 2. The molecule has 0 aliphatic rings. The molecule has 3 rings (SSSR count). The molecule has 0 saturated heterocycles. The second-order valence-electron chi connectivity index (χ2n) is 5.75. The van der Waals surface area contributed by atoms with Crippen molar-refractivity contribution in [3.8, 4) is 5.75 Å². The second kappa shape index (κ2) is 7.76. The van der Waals surface area contributed by atoms with Crippen LogP contribution in [0.5, 0.6) is 5.75 Å². The number of benzene rings is 2. The highest BCUT2D eigenvalue weighted by molar-refractivity contribution is 7.24. The maximum atomic E-state index is 12.5. The number of thiophene rings is 1. The van der Waals surface area contributed by atoms with Crippen LogP contribution in [0, 0.1) is 0 Å². The molecule has 1 N–H and O–H groups in total. The minimum atomic E-state index is -0.594. The number of amides is 1. The minimum Gasteiger partial charge on any atom is -0.506 e. The highest BCUT2D eigenvalue weighted by Crippen LogP contribution is 2.45. The number of aromatic hydroxyl groups is 1. The first kappa shape index (κ1) is 19.5. The van der Waals surface area contributed by atoms with Crippen LogP contribution < -0.4 is 4.90 Å². The number of esters is 1. The largest absolute Gasteiger partial charge is 0.506 e. The van der Waals surface area contributed by atoms with E-state index in [2.05, 4.69) is 0 Å². The van der Waals surface area contributed by atoms with Gasteiger partial charge in [-0.3, -0.25) is 9.69 Å². The van der Waals surface area contributed by atoms with E-state index < -0.39 is 5.97 Å². The number of methoxy groups -OCH3 is 1. The van der Waals surface area contributed by atoms with Gasteiger partial charge in [-0.2, -0.15) is 0 Å². The third kappa shape index (κ3) is 3.60. The van der Waals surface area contributed by atoms with Crippen LogP contribution in [0.25, 0.3) is 10.1 Å². The highest BCUT2D eigenvalue weighted by Gasteiger charge is 2.28. The first-order valence-electron chi connectivity index (χ1n) is 7.89. The topological polar surface area (TPSA) is 66.8 Å². The van der Waals surface area contributed by atoms with Crippen LogP contribution in [0.3, 0.4) is 0 Å². The third-order valence-electron chi connectivity index (χ3n) is 4.06. The monoisotopic (exact) mass is 423 g/mol. The summed E-state index contributed by atoms with van der Waals surface area (Å²) in [7, 11) is 1.27. The van der Waals surface area contributed by atoms with Gasteiger partial charge in [0.2, 0.25) is 5.91 Å². The van der Waals surface area contributed by atoms with Gasteiger partial charge in [0, 0.05) is 17.3 Å². The predicted octanol–water partition coefficient (Wildman–Crippen LogP) is 5.25. The molecule has 0 bridgehead atoms. The summed E-state index contributed by atoms with van der Waals surface area (Å²) in [6.45, 7) is 1.58. The molecular weight excluding hydrogens is 409 g/mol. The van der Waals surface area contributed by atoms with Gasteiger partial charge < -0.3 is 9.84 Å². The Balaban J connectivity index is 2.23. The molecule has 140 valence electrons. The molecule has 0 aliphatic heterocycles. The number of phenolic OH excluding ortho intramolecular Hbond substituents is 1. The predicted molar refractivity (Wildman–Crippen MR) is 108 cm³/mol. The molecule has 0 spiro atoms. The zero-order chi connectivity index (χ0) is 19.7. The Morgan fingerprint density at radius 3 is 2.52 bits per heavy atom. The van der Waals surface area contributed by atoms with Crippen molar-refractivity contribution in [1.82, 2.24) is 0 Å². The number of carbonyl (C=O) groups excluding carboxylic acids is 2. The minimum absolute atomic E-state index is 0.103. The van der Waals surface area contributed by atoms with E-state index in [0.29, 0.717) is 20.1 Å². The van der Waals surface area contributed by atoms with Crippen LogP contribution in [0.1, 0.15) is 22.8 Å². The van der Waals surface area contributed by atoms with Crippen LogP contribution in [-0.2, 0) is 16.1 Å². The summed E-state index contributed by atoms with van der Waals surface area (Å²) < 4.78 is 5.41. The molecular formula is C19H15Cl2NO4S. The molecule has 1 aromatic heterocycles. The van der Waals surface area contributed by atoms with Gasteiger partial charge in [-0.25, -0.2) is 4.79 Å². The molecule has 0 saturated carbocycles. The van der Waals surface area contributed by atoms with Crippen molar-refractivity contribution in [2.45, 2.75) is 13.5 Å². The summed E-state index contributed by atoms with van der Waals surface area (Å²) in [5, 5.41) is 11.4. The molecule has 2 aromatic carbocycles. The Kier molecular flexibility index (Phi) is 5.60. The average molecular weight is 424 g/mol. The number of fused-ring (bicyclic) bond motifs is 1.